The van der Waals surface area contributed by atoms with E-state index in [0.717, 1.165) is 32.1 Å². The van der Waals surface area contributed by atoms with E-state index in [-0.39, 0.29) is 12.4 Å². The smallest absolute Gasteiger partial charge is 0.305 e. The summed E-state index contributed by atoms with van der Waals surface area (Å²) in [6.45, 7) is 2.57. The number of carboxylic acid groups (broad SMARTS) is 1. The summed E-state index contributed by atoms with van der Waals surface area (Å²) in [6, 6.07) is 0. The van der Waals surface area contributed by atoms with Gasteiger partial charge in [0.25, 0.3) is 0 Å². The molecule has 0 atom stereocenters. The van der Waals surface area contributed by atoms with Crippen molar-refractivity contribution in [2.24, 2.45) is 0 Å². The van der Waals surface area contributed by atoms with Crippen LogP contribution in [0.4, 0.5) is 0 Å². The number of aliphatic carboxylic acids is 1. The molecular weight excluding hydrogens is 208 g/mol. The molecule has 0 saturated heterocycles. The Labute approximate surface area is 97.0 Å². The highest BCUT2D eigenvalue weighted by atomic mass is 16.5. The number of esters is 1. The molecular formula is C12H22O4. The lowest BCUT2D eigenvalue weighted by Crippen LogP contribution is -2.05. The minimum Gasteiger partial charge on any atom is -0.481 e. The number of hydrogen-bond donors (Lipinski definition) is 1. The molecule has 4 heteroatoms. The summed E-state index contributed by atoms with van der Waals surface area (Å²) >= 11 is 0. The Kier molecular flexibility index (Phi) is 9.76. The van der Waals surface area contributed by atoms with Crippen LogP contribution in [-0.2, 0) is 14.3 Å². The maximum atomic E-state index is 11.1. The second-order valence-corrected chi connectivity index (χ2v) is 3.88. The number of carbonyl (C=O) groups excluding carboxylic acids is 1. The zero-order chi connectivity index (χ0) is 12.2. The van der Waals surface area contributed by atoms with Crippen molar-refractivity contribution >= 4 is 11.9 Å². The summed E-state index contributed by atoms with van der Waals surface area (Å²) in [5, 5.41) is 8.40. The average Bonchev–Trinajstić information content (AvgIpc) is 2.23. The van der Waals surface area contributed by atoms with Crippen LogP contribution in [0.2, 0.25) is 0 Å². The lowest BCUT2D eigenvalue weighted by Gasteiger charge is -2.03. The van der Waals surface area contributed by atoms with Crippen LogP contribution in [0.15, 0.2) is 0 Å². The first-order valence-corrected chi connectivity index (χ1v) is 6.04. The van der Waals surface area contributed by atoms with Crippen LogP contribution in [0, 0.1) is 0 Å². The third kappa shape index (κ3) is 11.0. The van der Waals surface area contributed by atoms with Crippen molar-refractivity contribution in [1.82, 2.24) is 0 Å². The number of unbranched alkanes of at least 4 members (excludes halogenated alkanes) is 4. The van der Waals surface area contributed by atoms with Gasteiger partial charge in [0.15, 0.2) is 0 Å². The normalized spacial score (nSPS) is 10.1. The molecule has 0 heterocycles. The van der Waals surface area contributed by atoms with E-state index >= 15 is 0 Å². The first-order valence-electron chi connectivity index (χ1n) is 6.04. The van der Waals surface area contributed by atoms with E-state index in [4.69, 9.17) is 9.84 Å². The fourth-order valence-electron chi connectivity index (χ4n) is 1.30. The van der Waals surface area contributed by atoms with E-state index in [9.17, 15) is 9.59 Å². The quantitative estimate of drug-likeness (QED) is 0.463. The molecule has 0 aromatic carbocycles. The van der Waals surface area contributed by atoms with Gasteiger partial charge >= 0.3 is 11.9 Å². The minimum absolute atomic E-state index is 0.133. The number of rotatable bonds is 10. The van der Waals surface area contributed by atoms with Gasteiger partial charge < -0.3 is 9.84 Å². The van der Waals surface area contributed by atoms with E-state index < -0.39 is 5.97 Å². The van der Waals surface area contributed by atoms with E-state index in [1.165, 1.54) is 0 Å². The fourth-order valence-corrected chi connectivity index (χ4v) is 1.30. The molecule has 0 aliphatic carbocycles. The van der Waals surface area contributed by atoms with Crippen LogP contribution in [0.25, 0.3) is 0 Å². The Bertz CT molecular complexity index is 201. The number of ether oxygens (including phenoxy) is 1. The maximum absolute atomic E-state index is 11.1. The molecule has 0 aliphatic heterocycles. The number of carboxylic acids is 1. The van der Waals surface area contributed by atoms with Crippen molar-refractivity contribution in [2.45, 2.75) is 58.3 Å². The minimum atomic E-state index is -0.751. The summed E-state index contributed by atoms with van der Waals surface area (Å²) in [5.74, 6) is -0.884. The molecule has 0 aromatic heterocycles. The maximum Gasteiger partial charge on any atom is 0.305 e. The van der Waals surface area contributed by atoms with Gasteiger partial charge in [-0.1, -0.05) is 26.2 Å². The van der Waals surface area contributed by atoms with Gasteiger partial charge in [-0.3, -0.25) is 9.59 Å². The van der Waals surface area contributed by atoms with E-state index in [1.807, 2.05) is 0 Å². The molecule has 0 aliphatic rings. The monoisotopic (exact) mass is 230 g/mol. The third-order valence-electron chi connectivity index (χ3n) is 2.28. The summed E-state index contributed by atoms with van der Waals surface area (Å²) < 4.78 is 4.99. The zero-order valence-electron chi connectivity index (χ0n) is 10.0. The zero-order valence-corrected chi connectivity index (χ0v) is 10.0. The standard InChI is InChI=1S/C12H22O4/c1-2-3-10-16-12(15)9-7-5-4-6-8-11(13)14/h2-10H2,1H3,(H,13,14). The summed E-state index contributed by atoms with van der Waals surface area (Å²) in [5.41, 5.74) is 0. The van der Waals surface area contributed by atoms with Gasteiger partial charge in [0, 0.05) is 12.8 Å². The molecule has 0 aromatic rings. The Balaban J connectivity index is 3.18. The molecule has 0 unspecified atom stereocenters. The molecule has 94 valence electrons. The second kappa shape index (κ2) is 10.5. The van der Waals surface area contributed by atoms with Crippen molar-refractivity contribution in [2.75, 3.05) is 6.61 Å². The van der Waals surface area contributed by atoms with Crippen LogP contribution < -0.4 is 0 Å². The molecule has 1 N–H and O–H groups in total. The van der Waals surface area contributed by atoms with Gasteiger partial charge in [0.05, 0.1) is 6.61 Å². The topological polar surface area (TPSA) is 63.6 Å². The molecule has 0 fully saturated rings. The number of hydrogen-bond acceptors (Lipinski definition) is 3. The molecule has 0 spiro atoms. The summed E-state index contributed by atoms with van der Waals surface area (Å²) in [6.07, 6.45) is 5.89. The summed E-state index contributed by atoms with van der Waals surface area (Å²) in [7, 11) is 0. The molecule has 4 nitrogen and oxygen atoms in total. The van der Waals surface area contributed by atoms with Gasteiger partial charge in [-0.2, -0.15) is 0 Å². The summed E-state index contributed by atoms with van der Waals surface area (Å²) in [4.78, 5) is 21.4. The van der Waals surface area contributed by atoms with Crippen LogP contribution in [0.3, 0.4) is 0 Å². The van der Waals surface area contributed by atoms with Crippen LogP contribution in [0.1, 0.15) is 58.3 Å². The predicted octanol–water partition coefficient (Wildman–Crippen LogP) is 2.75. The Morgan fingerprint density at radius 1 is 1.00 bits per heavy atom. The van der Waals surface area contributed by atoms with Crippen LogP contribution >= 0.6 is 0 Å². The average molecular weight is 230 g/mol. The molecule has 0 bridgehead atoms. The lowest BCUT2D eigenvalue weighted by atomic mass is 10.1. The largest absolute Gasteiger partial charge is 0.481 e. The Morgan fingerprint density at radius 2 is 1.62 bits per heavy atom. The Morgan fingerprint density at radius 3 is 2.19 bits per heavy atom. The van der Waals surface area contributed by atoms with E-state index in [0.29, 0.717) is 19.4 Å². The van der Waals surface area contributed by atoms with Crippen molar-refractivity contribution in [3.05, 3.63) is 0 Å². The number of carbonyl (C=O) groups is 2. The molecule has 0 rings (SSSR count). The van der Waals surface area contributed by atoms with Crippen LogP contribution in [0.5, 0.6) is 0 Å². The highest BCUT2D eigenvalue weighted by Gasteiger charge is 2.02. The fraction of sp³-hybridized carbons (Fsp3) is 0.833. The molecule has 0 saturated carbocycles. The van der Waals surface area contributed by atoms with Crippen molar-refractivity contribution in [3.63, 3.8) is 0 Å². The second-order valence-electron chi connectivity index (χ2n) is 3.88. The highest BCUT2D eigenvalue weighted by Crippen LogP contribution is 2.06. The highest BCUT2D eigenvalue weighted by molar-refractivity contribution is 5.69. The SMILES string of the molecule is CCCCOC(=O)CCCCCCC(=O)O. The van der Waals surface area contributed by atoms with Gasteiger partial charge in [-0.05, 0) is 19.3 Å². The van der Waals surface area contributed by atoms with E-state index in [2.05, 4.69) is 6.92 Å². The van der Waals surface area contributed by atoms with Gasteiger partial charge in [0.1, 0.15) is 0 Å². The van der Waals surface area contributed by atoms with Gasteiger partial charge in [-0.25, -0.2) is 0 Å². The predicted molar refractivity (Wildman–Crippen MR) is 61.2 cm³/mol. The molecule has 0 amide bonds. The van der Waals surface area contributed by atoms with Gasteiger partial charge in [-0.15, -0.1) is 0 Å². The van der Waals surface area contributed by atoms with E-state index in [1.54, 1.807) is 0 Å². The lowest BCUT2D eigenvalue weighted by molar-refractivity contribution is -0.144. The third-order valence-corrected chi connectivity index (χ3v) is 2.28. The molecule has 16 heavy (non-hydrogen) atoms. The Hall–Kier alpha value is -1.06. The first kappa shape index (κ1) is 14.9. The van der Waals surface area contributed by atoms with Crippen molar-refractivity contribution in [1.29, 1.82) is 0 Å². The molecule has 0 radical (unpaired) electrons. The van der Waals surface area contributed by atoms with Crippen molar-refractivity contribution in [3.8, 4) is 0 Å². The van der Waals surface area contributed by atoms with Crippen LogP contribution in [-0.4, -0.2) is 23.7 Å². The van der Waals surface area contributed by atoms with Crippen molar-refractivity contribution < 1.29 is 19.4 Å². The van der Waals surface area contributed by atoms with Gasteiger partial charge in [0.2, 0.25) is 0 Å². The first-order chi connectivity index (χ1) is 7.66.